The highest BCUT2D eigenvalue weighted by molar-refractivity contribution is 6.31. The maximum Gasteiger partial charge on any atom is 0.163 e. The van der Waals surface area contributed by atoms with Crippen LogP contribution < -0.4 is 5.32 Å². The van der Waals surface area contributed by atoms with Crippen molar-refractivity contribution in [2.24, 2.45) is 0 Å². The third-order valence-corrected chi connectivity index (χ3v) is 4.27. The second-order valence-electron chi connectivity index (χ2n) is 5.86. The zero-order chi connectivity index (χ0) is 19.9. The van der Waals surface area contributed by atoms with Gasteiger partial charge in [0.2, 0.25) is 0 Å². The van der Waals surface area contributed by atoms with E-state index in [1.54, 1.807) is 36.7 Å². The van der Waals surface area contributed by atoms with E-state index in [0.717, 1.165) is 16.5 Å². The fourth-order valence-electron chi connectivity index (χ4n) is 2.53. The smallest absolute Gasteiger partial charge is 0.163 e. The molecule has 0 atom stereocenters. The second-order valence-corrected chi connectivity index (χ2v) is 6.78. The van der Waals surface area contributed by atoms with E-state index in [9.17, 15) is 5.11 Å². The van der Waals surface area contributed by atoms with E-state index in [2.05, 4.69) is 26.8 Å². The average molecular weight is 413 g/mol. The summed E-state index contributed by atoms with van der Waals surface area (Å²) in [6.45, 7) is 3.47. The lowest BCUT2D eigenvalue weighted by molar-refractivity contribution is 0.338. The van der Waals surface area contributed by atoms with Crippen LogP contribution in [0.3, 0.4) is 0 Å². The molecular formula is C21H18Cl2N4O. The van der Waals surface area contributed by atoms with Gasteiger partial charge in [-0.15, -0.1) is 6.58 Å². The van der Waals surface area contributed by atoms with Crippen molar-refractivity contribution in [2.45, 2.75) is 6.42 Å². The second kappa shape index (κ2) is 9.46. The minimum absolute atomic E-state index is 0.258. The molecule has 28 heavy (non-hydrogen) atoms. The van der Waals surface area contributed by atoms with E-state index < -0.39 is 0 Å². The summed E-state index contributed by atoms with van der Waals surface area (Å²) in [5.74, 6) is 1.10. The van der Waals surface area contributed by atoms with Crippen molar-refractivity contribution in [1.82, 2.24) is 15.0 Å². The highest BCUT2D eigenvalue weighted by Gasteiger charge is 2.11. The van der Waals surface area contributed by atoms with Crippen molar-refractivity contribution in [3.63, 3.8) is 0 Å². The number of allylic oxidation sites excluding steroid dienone is 3. The number of hydrogen-bond donors (Lipinski definition) is 2. The molecule has 0 unspecified atom stereocenters. The molecule has 2 N–H and O–H groups in total. The molecule has 7 heteroatoms. The number of hydrogen-bond acceptors (Lipinski definition) is 5. The summed E-state index contributed by atoms with van der Waals surface area (Å²) in [6, 6.07) is 9.15. The lowest BCUT2D eigenvalue weighted by atomic mass is 10.2. The van der Waals surface area contributed by atoms with Crippen LogP contribution in [0.2, 0.25) is 5.02 Å². The number of nitrogens with one attached hydrogen (secondary N) is 1. The van der Waals surface area contributed by atoms with Crippen molar-refractivity contribution >= 4 is 39.9 Å². The molecule has 0 aliphatic heterocycles. The van der Waals surface area contributed by atoms with Gasteiger partial charge >= 0.3 is 0 Å². The molecule has 0 saturated carbocycles. The molecule has 5 nitrogen and oxygen atoms in total. The van der Waals surface area contributed by atoms with Gasteiger partial charge in [0, 0.05) is 39.1 Å². The summed E-state index contributed by atoms with van der Waals surface area (Å²) in [5.41, 5.74) is 2.21. The minimum Gasteiger partial charge on any atom is -0.391 e. The van der Waals surface area contributed by atoms with E-state index in [-0.39, 0.29) is 6.61 Å². The largest absolute Gasteiger partial charge is 0.391 e. The Labute approximate surface area is 173 Å². The van der Waals surface area contributed by atoms with Crippen LogP contribution in [0, 0.1) is 0 Å². The molecule has 0 aliphatic carbocycles. The van der Waals surface area contributed by atoms with Gasteiger partial charge in [-0.1, -0.05) is 35.4 Å². The Morgan fingerprint density at radius 2 is 2.11 bits per heavy atom. The zero-order valence-corrected chi connectivity index (χ0v) is 16.5. The van der Waals surface area contributed by atoms with Crippen molar-refractivity contribution in [3.05, 3.63) is 83.3 Å². The fraction of sp³-hybridized carbons (Fsp3) is 0.0952. The van der Waals surface area contributed by atoms with E-state index in [4.69, 9.17) is 23.2 Å². The number of rotatable bonds is 7. The van der Waals surface area contributed by atoms with Gasteiger partial charge in [-0.25, -0.2) is 9.97 Å². The summed E-state index contributed by atoms with van der Waals surface area (Å²) in [7, 11) is 0. The molecule has 0 amide bonds. The predicted molar refractivity (Wildman–Crippen MR) is 115 cm³/mol. The van der Waals surface area contributed by atoms with Crippen LogP contribution in [-0.4, -0.2) is 26.7 Å². The number of halogens is 2. The van der Waals surface area contributed by atoms with Gasteiger partial charge in [-0.3, -0.25) is 4.98 Å². The maximum atomic E-state index is 9.25. The Hall–Kier alpha value is -2.73. The molecule has 3 rings (SSSR count). The molecule has 0 spiro atoms. The topological polar surface area (TPSA) is 70.9 Å². The number of nitrogens with zero attached hydrogens (tertiary/aromatic N) is 3. The van der Waals surface area contributed by atoms with E-state index in [1.807, 2.05) is 24.3 Å². The normalized spacial score (nSPS) is 12.2. The molecule has 0 saturated heterocycles. The van der Waals surface area contributed by atoms with Crippen molar-refractivity contribution in [2.75, 3.05) is 11.9 Å². The first kappa shape index (κ1) is 20.0. The third-order valence-electron chi connectivity index (χ3n) is 3.81. The van der Waals surface area contributed by atoms with E-state index in [0.29, 0.717) is 33.8 Å². The van der Waals surface area contributed by atoms with Crippen LogP contribution in [0.15, 0.2) is 78.3 Å². The van der Waals surface area contributed by atoms with Crippen LogP contribution in [0.4, 0.5) is 5.82 Å². The number of aliphatic hydroxyl groups excluding tert-OH is 1. The Morgan fingerprint density at radius 3 is 2.82 bits per heavy atom. The molecule has 0 radical (unpaired) electrons. The van der Waals surface area contributed by atoms with Crippen molar-refractivity contribution < 1.29 is 5.11 Å². The molecule has 0 bridgehead atoms. The number of pyridine rings is 1. The fourth-order valence-corrected chi connectivity index (χ4v) is 2.82. The molecule has 0 aliphatic rings. The minimum atomic E-state index is -0.258. The van der Waals surface area contributed by atoms with Gasteiger partial charge in [-0.2, -0.15) is 0 Å². The molecule has 0 fully saturated rings. The summed E-state index contributed by atoms with van der Waals surface area (Å²) in [4.78, 5) is 13.4. The quantitative estimate of drug-likeness (QED) is 0.405. The number of benzene rings is 1. The number of anilines is 1. The number of aromatic nitrogens is 3. The first-order valence-electron chi connectivity index (χ1n) is 8.53. The molecule has 2 heterocycles. The summed E-state index contributed by atoms with van der Waals surface area (Å²) in [5, 5.41) is 14.2. The van der Waals surface area contributed by atoms with Crippen LogP contribution in [0.25, 0.3) is 22.3 Å². The lowest BCUT2D eigenvalue weighted by Gasteiger charge is -2.12. The van der Waals surface area contributed by atoms with Crippen LogP contribution in [0.5, 0.6) is 0 Å². The van der Waals surface area contributed by atoms with Crippen LogP contribution in [0.1, 0.15) is 6.42 Å². The van der Waals surface area contributed by atoms with E-state index in [1.165, 1.54) is 0 Å². The lowest BCUT2D eigenvalue weighted by Crippen LogP contribution is -2.04. The zero-order valence-electron chi connectivity index (χ0n) is 14.9. The monoisotopic (exact) mass is 412 g/mol. The SMILES string of the molecule is C=CC/C=C(\C=C(\Cl)CO)Nc1nc(-c2cccnc2)nc2ccc(Cl)cc12. The standard InChI is InChI=1S/C21H18Cl2N4O/c1-2-3-6-17(10-16(23)13-28)25-21-18-11-15(22)7-8-19(18)26-20(27-21)14-5-4-9-24-12-14/h2,4-12,28H,1,3,13H2,(H,25,26,27)/b16-10+,17-6+. The highest BCUT2D eigenvalue weighted by atomic mass is 35.5. The Balaban J connectivity index is 2.14. The summed E-state index contributed by atoms with van der Waals surface area (Å²) in [6.07, 6.45) is 9.33. The number of fused-ring (bicyclic) bond motifs is 1. The Kier molecular flexibility index (Phi) is 6.76. The molecule has 142 valence electrons. The molecule has 2 aromatic heterocycles. The van der Waals surface area contributed by atoms with Crippen molar-refractivity contribution in [1.29, 1.82) is 0 Å². The van der Waals surface area contributed by atoms with Gasteiger partial charge in [0.05, 0.1) is 12.1 Å². The van der Waals surface area contributed by atoms with Crippen molar-refractivity contribution in [3.8, 4) is 11.4 Å². The van der Waals surface area contributed by atoms with Gasteiger partial charge in [-0.05, 0) is 42.8 Å². The number of aliphatic hydroxyl groups is 1. The predicted octanol–water partition coefficient (Wildman–Crippen LogP) is 5.33. The highest BCUT2D eigenvalue weighted by Crippen LogP contribution is 2.28. The first-order valence-corrected chi connectivity index (χ1v) is 9.29. The molecular weight excluding hydrogens is 395 g/mol. The third kappa shape index (κ3) is 4.95. The average Bonchev–Trinajstić information content (AvgIpc) is 2.72. The van der Waals surface area contributed by atoms with Gasteiger partial charge in [0.1, 0.15) is 5.82 Å². The molecule has 1 aromatic carbocycles. The summed E-state index contributed by atoms with van der Waals surface area (Å²) >= 11 is 12.2. The summed E-state index contributed by atoms with van der Waals surface area (Å²) < 4.78 is 0. The molecule has 3 aromatic rings. The first-order chi connectivity index (χ1) is 13.6. The Morgan fingerprint density at radius 1 is 1.25 bits per heavy atom. The van der Waals surface area contributed by atoms with Gasteiger partial charge in [0.25, 0.3) is 0 Å². The van der Waals surface area contributed by atoms with Crippen LogP contribution >= 0.6 is 23.2 Å². The van der Waals surface area contributed by atoms with Gasteiger partial charge < -0.3 is 10.4 Å². The maximum absolute atomic E-state index is 9.25. The Bertz CT molecular complexity index is 1050. The van der Waals surface area contributed by atoms with E-state index >= 15 is 0 Å². The van der Waals surface area contributed by atoms with Gasteiger partial charge in [0.15, 0.2) is 5.82 Å². The van der Waals surface area contributed by atoms with Crippen LogP contribution in [-0.2, 0) is 0 Å².